The van der Waals surface area contributed by atoms with E-state index in [1.807, 2.05) is 26.1 Å². The number of alkyl halides is 1. The highest BCUT2D eigenvalue weighted by atomic mass is 127. The fraction of sp³-hybridized carbons (Fsp3) is 0.519. The molecule has 1 aromatic carbocycles. The van der Waals surface area contributed by atoms with Crippen LogP contribution in [0.15, 0.2) is 24.4 Å². The Morgan fingerprint density at radius 2 is 2.03 bits per heavy atom. The van der Waals surface area contributed by atoms with Crippen molar-refractivity contribution in [3.63, 3.8) is 0 Å². The van der Waals surface area contributed by atoms with Gasteiger partial charge in [0.15, 0.2) is 11.6 Å². The molecule has 1 saturated carbocycles. The molecule has 2 atom stereocenters. The van der Waals surface area contributed by atoms with E-state index in [9.17, 15) is 4.79 Å². The van der Waals surface area contributed by atoms with Crippen LogP contribution in [0.1, 0.15) is 80.4 Å². The molecule has 1 aliphatic heterocycles. The van der Waals surface area contributed by atoms with E-state index in [0.717, 1.165) is 36.1 Å². The lowest BCUT2D eigenvalue weighted by Crippen LogP contribution is -2.39. The number of rotatable bonds is 8. The fourth-order valence-electron chi connectivity index (χ4n) is 5.56. The Bertz CT molecular complexity index is 1300. The second kappa shape index (κ2) is 11.4. The number of carbonyl (C=O) groups is 1. The predicted molar refractivity (Wildman–Crippen MR) is 156 cm³/mol. The van der Waals surface area contributed by atoms with Gasteiger partial charge < -0.3 is 20.3 Å². The number of halogens is 1. The SMILES string of the molecule is CC[C@@H]1c2nnc(C)n2-c2cnc(Nc3ccc(C(=O)NC(C)I)cc3OC)nc2N1CC1CCCCC1. The molecule has 5 rings (SSSR count). The van der Waals surface area contributed by atoms with E-state index < -0.39 is 0 Å². The molecule has 0 bridgehead atoms. The summed E-state index contributed by atoms with van der Waals surface area (Å²) in [4.78, 5) is 24.6. The standard InChI is InChI=1S/C27H35IN8O2/c1-5-21-25-34-33-17(3)36(25)22-14-29-27(32-24(22)35(21)15-18-9-7-6-8-10-18)31-20-12-11-19(13-23(20)38-4)26(37)30-16(2)28/h11-14,16,18,21H,5-10,15H2,1-4H3,(H,30,37)(H,29,31,32)/t16?,21-/m1/s1. The molecule has 1 fully saturated rings. The Balaban J connectivity index is 1.49. The normalized spacial score (nSPS) is 17.9. The summed E-state index contributed by atoms with van der Waals surface area (Å²) < 4.78 is 7.71. The van der Waals surface area contributed by atoms with Crippen LogP contribution in [-0.4, -0.2) is 48.3 Å². The quantitative estimate of drug-likeness (QED) is 0.191. The Kier molecular flexibility index (Phi) is 8.01. The minimum absolute atomic E-state index is 0.0196. The van der Waals surface area contributed by atoms with Crippen molar-refractivity contribution in [3.05, 3.63) is 41.6 Å². The molecule has 3 heterocycles. The number of aryl methyl sites for hydroxylation is 1. The molecular weight excluding hydrogens is 595 g/mol. The maximum Gasteiger partial charge on any atom is 0.252 e. The summed E-state index contributed by atoms with van der Waals surface area (Å²) in [5, 5.41) is 15.2. The van der Waals surface area contributed by atoms with Crippen molar-refractivity contribution in [1.82, 2.24) is 30.0 Å². The molecule has 0 saturated heterocycles. The van der Waals surface area contributed by atoms with Gasteiger partial charge in [0, 0.05) is 12.1 Å². The fourth-order valence-corrected chi connectivity index (χ4v) is 5.84. The molecule has 2 N–H and O–H groups in total. The van der Waals surface area contributed by atoms with Gasteiger partial charge in [-0.2, -0.15) is 4.98 Å². The van der Waals surface area contributed by atoms with Gasteiger partial charge in [0.25, 0.3) is 5.91 Å². The van der Waals surface area contributed by atoms with Gasteiger partial charge in [0.2, 0.25) is 5.95 Å². The van der Waals surface area contributed by atoms with Gasteiger partial charge in [-0.1, -0.05) is 48.8 Å². The van der Waals surface area contributed by atoms with Gasteiger partial charge in [0.05, 0.1) is 29.1 Å². The Morgan fingerprint density at radius 3 is 2.74 bits per heavy atom. The first kappa shape index (κ1) is 26.6. The number of benzene rings is 1. The van der Waals surface area contributed by atoms with E-state index in [-0.39, 0.29) is 16.0 Å². The van der Waals surface area contributed by atoms with Crippen molar-refractivity contribution in [2.75, 3.05) is 23.9 Å². The monoisotopic (exact) mass is 630 g/mol. The number of carbonyl (C=O) groups excluding carboxylic acids is 1. The highest BCUT2D eigenvalue weighted by Gasteiger charge is 2.36. The smallest absolute Gasteiger partial charge is 0.252 e. The second-order valence-corrected chi connectivity index (χ2v) is 11.9. The molecule has 38 heavy (non-hydrogen) atoms. The summed E-state index contributed by atoms with van der Waals surface area (Å²) in [5.74, 6) is 4.18. The summed E-state index contributed by atoms with van der Waals surface area (Å²) in [6, 6.07) is 5.42. The molecule has 3 aromatic rings. The van der Waals surface area contributed by atoms with E-state index >= 15 is 0 Å². The number of hydrogen-bond acceptors (Lipinski definition) is 8. The molecule has 1 aliphatic carbocycles. The van der Waals surface area contributed by atoms with Crippen LogP contribution in [0.25, 0.3) is 5.69 Å². The summed E-state index contributed by atoms with van der Waals surface area (Å²) in [7, 11) is 1.59. The Morgan fingerprint density at radius 1 is 1.24 bits per heavy atom. The van der Waals surface area contributed by atoms with Crippen LogP contribution in [-0.2, 0) is 0 Å². The molecule has 1 unspecified atom stereocenters. The van der Waals surface area contributed by atoms with Crippen LogP contribution in [0.2, 0.25) is 0 Å². The number of ether oxygens (including phenoxy) is 1. The summed E-state index contributed by atoms with van der Waals surface area (Å²) in [6.07, 6.45) is 9.16. The number of fused-ring (bicyclic) bond motifs is 3. The Labute approximate surface area is 237 Å². The van der Waals surface area contributed by atoms with Crippen molar-refractivity contribution in [1.29, 1.82) is 0 Å². The first-order valence-electron chi connectivity index (χ1n) is 13.4. The van der Waals surface area contributed by atoms with Crippen LogP contribution in [0.3, 0.4) is 0 Å². The van der Waals surface area contributed by atoms with Crippen molar-refractivity contribution >= 4 is 46.0 Å². The molecule has 2 aliphatic rings. The highest BCUT2D eigenvalue weighted by molar-refractivity contribution is 14.1. The van der Waals surface area contributed by atoms with E-state index in [1.54, 1.807) is 19.2 Å². The van der Waals surface area contributed by atoms with Crippen LogP contribution < -0.4 is 20.3 Å². The topological polar surface area (TPSA) is 110 Å². The first-order valence-corrected chi connectivity index (χ1v) is 14.6. The molecule has 10 nitrogen and oxygen atoms in total. The number of methoxy groups -OCH3 is 1. The minimum atomic E-state index is -0.147. The van der Waals surface area contributed by atoms with Crippen molar-refractivity contribution in [2.45, 2.75) is 69.4 Å². The molecule has 11 heteroatoms. The lowest BCUT2D eigenvalue weighted by Gasteiger charge is -2.39. The van der Waals surface area contributed by atoms with Crippen molar-refractivity contribution < 1.29 is 9.53 Å². The highest BCUT2D eigenvalue weighted by Crippen LogP contribution is 2.41. The lowest BCUT2D eigenvalue weighted by atomic mass is 9.88. The number of nitrogens with zero attached hydrogens (tertiary/aromatic N) is 6. The van der Waals surface area contributed by atoms with Gasteiger partial charge in [-0.3, -0.25) is 9.36 Å². The third kappa shape index (κ3) is 5.29. The maximum atomic E-state index is 12.5. The largest absolute Gasteiger partial charge is 0.495 e. The Hall–Kier alpha value is -2.96. The van der Waals surface area contributed by atoms with Crippen LogP contribution >= 0.6 is 22.6 Å². The number of amides is 1. The van der Waals surface area contributed by atoms with Gasteiger partial charge >= 0.3 is 0 Å². The van der Waals surface area contributed by atoms with Gasteiger partial charge in [0.1, 0.15) is 17.3 Å². The van der Waals surface area contributed by atoms with E-state index in [4.69, 9.17) is 9.72 Å². The average Bonchev–Trinajstić information content (AvgIpc) is 3.30. The molecule has 1 amide bonds. The summed E-state index contributed by atoms with van der Waals surface area (Å²) in [5.41, 5.74) is 2.12. The van der Waals surface area contributed by atoms with Crippen molar-refractivity contribution in [2.24, 2.45) is 5.92 Å². The zero-order chi connectivity index (χ0) is 26.8. The summed E-state index contributed by atoms with van der Waals surface area (Å²) >= 11 is 2.16. The molecule has 2 aromatic heterocycles. The zero-order valence-corrected chi connectivity index (χ0v) is 24.5. The molecule has 202 valence electrons. The summed E-state index contributed by atoms with van der Waals surface area (Å²) in [6.45, 7) is 7.02. The number of nitrogens with one attached hydrogen (secondary N) is 2. The number of anilines is 3. The van der Waals surface area contributed by atoms with Crippen LogP contribution in [0.5, 0.6) is 5.75 Å². The van der Waals surface area contributed by atoms with Crippen LogP contribution in [0, 0.1) is 12.8 Å². The predicted octanol–water partition coefficient (Wildman–Crippen LogP) is 5.48. The third-order valence-corrected chi connectivity index (χ3v) is 7.71. The van der Waals surface area contributed by atoms with Gasteiger partial charge in [-0.05, 0) is 57.2 Å². The van der Waals surface area contributed by atoms with E-state index in [2.05, 4.69) is 64.8 Å². The average molecular weight is 631 g/mol. The molecule has 0 spiro atoms. The van der Waals surface area contributed by atoms with Gasteiger partial charge in [-0.25, -0.2) is 4.98 Å². The van der Waals surface area contributed by atoms with Gasteiger partial charge in [-0.15, -0.1) is 10.2 Å². The maximum absolute atomic E-state index is 12.5. The van der Waals surface area contributed by atoms with Crippen molar-refractivity contribution in [3.8, 4) is 11.4 Å². The molecular formula is C27H35IN8O2. The molecule has 0 radical (unpaired) electrons. The first-order chi connectivity index (χ1) is 18.4. The number of aromatic nitrogens is 5. The lowest BCUT2D eigenvalue weighted by molar-refractivity contribution is 0.0953. The third-order valence-electron chi connectivity index (χ3n) is 7.39. The van der Waals surface area contributed by atoms with E-state index in [0.29, 0.717) is 28.9 Å². The zero-order valence-electron chi connectivity index (χ0n) is 22.4. The number of hydrogen-bond donors (Lipinski definition) is 2. The van der Waals surface area contributed by atoms with Crippen LogP contribution in [0.4, 0.5) is 17.5 Å². The minimum Gasteiger partial charge on any atom is -0.495 e. The second-order valence-electron chi connectivity index (χ2n) is 10.1. The van der Waals surface area contributed by atoms with E-state index in [1.165, 1.54) is 32.1 Å².